The molecule has 3 heterocycles. The lowest BCUT2D eigenvalue weighted by Gasteiger charge is -2.08. The number of rotatable bonds is 4. The van der Waals surface area contributed by atoms with Gasteiger partial charge in [-0.25, -0.2) is 14.6 Å². The Labute approximate surface area is 136 Å². The van der Waals surface area contributed by atoms with E-state index in [9.17, 15) is 4.79 Å². The second-order valence-electron chi connectivity index (χ2n) is 5.13. The lowest BCUT2D eigenvalue weighted by Crippen LogP contribution is -2.24. The number of H-pyrrole nitrogens is 1. The average Bonchev–Trinajstić information content (AvgIpc) is 3.29. The van der Waals surface area contributed by atoms with Crippen molar-refractivity contribution in [3.63, 3.8) is 0 Å². The Morgan fingerprint density at radius 2 is 2.12 bits per heavy atom. The molecule has 0 spiro atoms. The van der Waals surface area contributed by atoms with E-state index in [1.165, 1.54) is 6.33 Å². The number of aromatic nitrogens is 6. The van der Waals surface area contributed by atoms with E-state index in [1.54, 1.807) is 17.2 Å². The molecule has 1 amide bonds. The SMILES string of the molecule is O=C(NCc1cccnc1-n1cncn1)c1n[nH]c2ccccc12. The van der Waals surface area contributed by atoms with Gasteiger partial charge in [-0.05, 0) is 12.1 Å². The zero-order chi connectivity index (χ0) is 16.4. The third-order valence-corrected chi connectivity index (χ3v) is 3.63. The molecule has 8 nitrogen and oxygen atoms in total. The third-order valence-electron chi connectivity index (χ3n) is 3.63. The molecule has 24 heavy (non-hydrogen) atoms. The van der Waals surface area contributed by atoms with Gasteiger partial charge >= 0.3 is 0 Å². The number of pyridine rings is 1. The van der Waals surface area contributed by atoms with Gasteiger partial charge in [-0.1, -0.05) is 24.3 Å². The molecule has 0 saturated carbocycles. The average molecular weight is 319 g/mol. The van der Waals surface area contributed by atoms with Gasteiger partial charge in [0.15, 0.2) is 11.5 Å². The van der Waals surface area contributed by atoms with Crippen LogP contribution in [0.1, 0.15) is 16.1 Å². The van der Waals surface area contributed by atoms with Crippen LogP contribution >= 0.6 is 0 Å². The number of hydrogen-bond donors (Lipinski definition) is 2. The van der Waals surface area contributed by atoms with Crippen molar-refractivity contribution in [1.29, 1.82) is 0 Å². The summed E-state index contributed by atoms with van der Waals surface area (Å²) in [5, 5.41) is 14.7. The van der Waals surface area contributed by atoms with E-state index in [0.717, 1.165) is 16.5 Å². The van der Waals surface area contributed by atoms with Crippen LogP contribution < -0.4 is 5.32 Å². The van der Waals surface area contributed by atoms with Gasteiger partial charge in [0.2, 0.25) is 0 Å². The zero-order valence-electron chi connectivity index (χ0n) is 12.5. The molecule has 0 aliphatic carbocycles. The highest BCUT2D eigenvalue weighted by Gasteiger charge is 2.14. The number of fused-ring (bicyclic) bond motifs is 1. The summed E-state index contributed by atoms with van der Waals surface area (Å²) in [4.78, 5) is 20.7. The molecule has 0 unspecified atom stereocenters. The van der Waals surface area contributed by atoms with Crippen LogP contribution in [0.5, 0.6) is 0 Å². The van der Waals surface area contributed by atoms with Gasteiger partial charge in [0.05, 0.1) is 5.52 Å². The van der Waals surface area contributed by atoms with Crippen LogP contribution in [0.15, 0.2) is 55.2 Å². The molecule has 0 saturated heterocycles. The number of aromatic amines is 1. The van der Waals surface area contributed by atoms with Crippen LogP contribution in [0.25, 0.3) is 16.7 Å². The summed E-state index contributed by atoms with van der Waals surface area (Å²) in [5.41, 5.74) is 2.03. The molecule has 0 aliphatic rings. The lowest BCUT2D eigenvalue weighted by atomic mass is 10.2. The molecule has 2 N–H and O–H groups in total. The summed E-state index contributed by atoms with van der Waals surface area (Å²) in [6.45, 7) is 0.309. The smallest absolute Gasteiger partial charge is 0.272 e. The highest BCUT2D eigenvalue weighted by molar-refractivity contribution is 6.04. The van der Waals surface area contributed by atoms with Gasteiger partial charge < -0.3 is 5.32 Å². The molecule has 0 radical (unpaired) electrons. The first kappa shape index (κ1) is 14.1. The van der Waals surface area contributed by atoms with Crippen molar-refractivity contribution in [2.24, 2.45) is 0 Å². The predicted molar refractivity (Wildman–Crippen MR) is 86.4 cm³/mol. The van der Waals surface area contributed by atoms with E-state index in [4.69, 9.17) is 0 Å². The van der Waals surface area contributed by atoms with Gasteiger partial charge in [-0.2, -0.15) is 10.2 Å². The number of para-hydroxylation sites is 1. The van der Waals surface area contributed by atoms with E-state index in [-0.39, 0.29) is 5.91 Å². The van der Waals surface area contributed by atoms with Crippen LogP contribution in [-0.2, 0) is 6.54 Å². The van der Waals surface area contributed by atoms with Crippen molar-refractivity contribution in [2.75, 3.05) is 0 Å². The number of amides is 1. The molecule has 0 fully saturated rings. The normalized spacial score (nSPS) is 10.8. The van der Waals surface area contributed by atoms with E-state index in [1.807, 2.05) is 36.4 Å². The molecular weight excluding hydrogens is 306 g/mol. The van der Waals surface area contributed by atoms with E-state index >= 15 is 0 Å². The molecule has 0 aliphatic heterocycles. The van der Waals surface area contributed by atoms with Crippen LogP contribution in [-0.4, -0.2) is 35.9 Å². The fourth-order valence-corrected chi connectivity index (χ4v) is 2.49. The topological polar surface area (TPSA) is 101 Å². The molecule has 0 bridgehead atoms. The second kappa shape index (κ2) is 5.92. The zero-order valence-corrected chi connectivity index (χ0v) is 12.5. The molecule has 118 valence electrons. The van der Waals surface area contributed by atoms with E-state index in [2.05, 4.69) is 30.6 Å². The maximum atomic E-state index is 12.4. The van der Waals surface area contributed by atoms with Crippen molar-refractivity contribution in [1.82, 2.24) is 35.3 Å². The van der Waals surface area contributed by atoms with Gasteiger partial charge in [0.1, 0.15) is 12.7 Å². The fraction of sp³-hybridized carbons (Fsp3) is 0.0625. The summed E-state index contributed by atoms with van der Waals surface area (Å²) >= 11 is 0. The quantitative estimate of drug-likeness (QED) is 0.593. The number of benzene rings is 1. The summed E-state index contributed by atoms with van der Waals surface area (Å²) in [7, 11) is 0. The number of carbonyl (C=O) groups excluding carboxylic acids is 1. The van der Waals surface area contributed by atoms with Gasteiger partial charge in [-0.3, -0.25) is 9.89 Å². The molecule has 4 aromatic rings. The number of carbonyl (C=O) groups is 1. The highest BCUT2D eigenvalue weighted by Crippen LogP contribution is 2.15. The van der Waals surface area contributed by atoms with Crippen molar-refractivity contribution >= 4 is 16.8 Å². The summed E-state index contributed by atoms with van der Waals surface area (Å²) < 4.78 is 1.56. The van der Waals surface area contributed by atoms with Crippen LogP contribution in [0, 0.1) is 0 Å². The maximum Gasteiger partial charge on any atom is 0.272 e. The first-order chi connectivity index (χ1) is 11.8. The van der Waals surface area contributed by atoms with Crippen LogP contribution in [0.2, 0.25) is 0 Å². The first-order valence-electron chi connectivity index (χ1n) is 7.33. The Hall–Kier alpha value is -3.55. The summed E-state index contributed by atoms with van der Waals surface area (Å²) in [6.07, 6.45) is 4.67. The fourth-order valence-electron chi connectivity index (χ4n) is 2.49. The first-order valence-corrected chi connectivity index (χ1v) is 7.33. The number of nitrogens with one attached hydrogen (secondary N) is 2. The van der Waals surface area contributed by atoms with Crippen molar-refractivity contribution in [3.05, 3.63) is 66.5 Å². The Balaban J connectivity index is 1.56. The minimum Gasteiger partial charge on any atom is -0.346 e. The molecular formula is C16H13N7O. The Morgan fingerprint density at radius 3 is 3.00 bits per heavy atom. The van der Waals surface area contributed by atoms with Gasteiger partial charge in [0, 0.05) is 23.7 Å². The molecule has 3 aromatic heterocycles. The third kappa shape index (κ3) is 2.50. The van der Waals surface area contributed by atoms with E-state index in [0.29, 0.717) is 18.1 Å². The molecule has 8 heteroatoms. The summed E-state index contributed by atoms with van der Waals surface area (Å²) in [6, 6.07) is 11.2. The summed E-state index contributed by atoms with van der Waals surface area (Å²) in [5.74, 6) is 0.378. The molecule has 0 atom stereocenters. The Morgan fingerprint density at radius 1 is 1.21 bits per heavy atom. The molecule has 1 aromatic carbocycles. The lowest BCUT2D eigenvalue weighted by molar-refractivity contribution is 0.0947. The maximum absolute atomic E-state index is 12.4. The number of hydrogen-bond acceptors (Lipinski definition) is 5. The number of nitrogens with zero attached hydrogens (tertiary/aromatic N) is 5. The van der Waals surface area contributed by atoms with Crippen molar-refractivity contribution < 1.29 is 4.79 Å². The van der Waals surface area contributed by atoms with E-state index < -0.39 is 0 Å². The van der Waals surface area contributed by atoms with Gasteiger partial charge in [-0.15, -0.1) is 0 Å². The minimum absolute atomic E-state index is 0.249. The standard InChI is InChI=1S/C16H13N7O/c24-16(14-12-5-1-2-6-13(12)21-22-14)19-8-11-4-3-7-18-15(11)23-10-17-9-20-23/h1-7,9-10H,8H2,(H,19,24)(H,21,22). The second-order valence-corrected chi connectivity index (χ2v) is 5.13. The van der Waals surface area contributed by atoms with Gasteiger partial charge in [0.25, 0.3) is 5.91 Å². The van der Waals surface area contributed by atoms with Crippen LogP contribution in [0.4, 0.5) is 0 Å². The highest BCUT2D eigenvalue weighted by atomic mass is 16.1. The predicted octanol–water partition coefficient (Wildman–Crippen LogP) is 1.47. The Bertz CT molecular complexity index is 991. The molecule has 4 rings (SSSR count). The minimum atomic E-state index is -0.249. The largest absolute Gasteiger partial charge is 0.346 e. The van der Waals surface area contributed by atoms with Crippen LogP contribution in [0.3, 0.4) is 0 Å². The Kier molecular flexibility index (Phi) is 3.47. The van der Waals surface area contributed by atoms with Crippen molar-refractivity contribution in [2.45, 2.75) is 6.54 Å². The monoisotopic (exact) mass is 319 g/mol. The van der Waals surface area contributed by atoms with Crippen molar-refractivity contribution in [3.8, 4) is 5.82 Å².